The van der Waals surface area contributed by atoms with Crippen LogP contribution in [0, 0.1) is 0 Å². The molecule has 3 heteroatoms. The Morgan fingerprint density at radius 1 is 1.23 bits per heavy atom. The summed E-state index contributed by atoms with van der Waals surface area (Å²) < 4.78 is 0. The molecule has 0 saturated carbocycles. The highest BCUT2D eigenvalue weighted by Crippen LogP contribution is 2.09. The van der Waals surface area contributed by atoms with Crippen molar-refractivity contribution in [3.8, 4) is 0 Å². The summed E-state index contributed by atoms with van der Waals surface area (Å²) in [5.74, 6) is -0.149. The Labute approximate surface area is 75.8 Å². The van der Waals surface area contributed by atoms with Crippen molar-refractivity contribution >= 4 is 18.3 Å². The maximum Gasteiger partial charge on any atom is 0.275 e. The molecule has 0 aromatic heterocycles. The van der Waals surface area contributed by atoms with E-state index in [4.69, 9.17) is 0 Å². The zero-order valence-corrected chi connectivity index (χ0v) is 6.90. The number of aliphatic imine (C=N–C) groups is 1. The summed E-state index contributed by atoms with van der Waals surface area (Å²) in [5, 5.41) is 2.49. The number of nitrogens with zero attached hydrogens (tertiary/aromatic N) is 1. The summed E-state index contributed by atoms with van der Waals surface area (Å²) in [5.41, 5.74) is 1.43. The first-order chi connectivity index (χ1) is 6.36. The van der Waals surface area contributed by atoms with Crippen LogP contribution < -0.4 is 5.32 Å². The third kappa shape index (κ3) is 1.64. The van der Waals surface area contributed by atoms with Gasteiger partial charge >= 0.3 is 0 Å². The van der Waals surface area contributed by atoms with Crippen molar-refractivity contribution in [1.29, 1.82) is 0 Å². The van der Waals surface area contributed by atoms with Crippen molar-refractivity contribution in [3.05, 3.63) is 41.6 Å². The van der Waals surface area contributed by atoms with Gasteiger partial charge in [-0.25, -0.2) is 4.99 Å². The van der Waals surface area contributed by atoms with E-state index in [1.54, 1.807) is 6.08 Å². The maximum atomic E-state index is 11.1. The number of carbonyl (C=O) groups excluding carboxylic acids is 1. The summed E-state index contributed by atoms with van der Waals surface area (Å²) in [4.78, 5) is 15.0. The highest BCUT2D eigenvalue weighted by molar-refractivity contribution is 6.08. The molecule has 3 nitrogen and oxygen atoms in total. The topological polar surface area (TPSA) is 41.5 Å². The molecule has 1 N–H and O–H groups in total. The molecule has 0 atom stereocenters. The molecule has 0 spiro atoms. The van der Waals surface area contributed by atoms with E-state index in [9.17, 15) is 4.79 Å². The van der Waals surface area contributed by atoms with E-state index in [1.807, 2.05) is 30.3 Å². The van der Waals surface area contributed by atoms with Crippen molar-refractivity contribution in [2.75, 3.05) is 0 Å². The Morgan fingerprint density at radius 2 is 2.00 bits per heavy atom. The van der Waals surface area contributed by atoms with E-state index in [0.29, 0.717) is 5.70 Å². The molecule has 1 amide bonds. The number of amides is 1. The van der Waals surface area contributed by atoms with Gasteiger partial charge in [0.25, 0.3) is 5.91 Å². The number of nitrogens with one attached hydrogen (secondary N) is 1. The minimum absolute atomic E-state index is 0.149. The predicted octanol–water partition coefficient (Wildman–Crippen LogP) is 1.19. The van der Waals surface area contributed by atoms with Crippen LogP contribution in [-0.2, 0) is 4.79 Å². The molecule has 0 aliphatic carbocycles. The minimum atomic E-state index is -0.149. The summed E-state index contributed by atoms with van der Waals surface area (Å²) in [6.07, 6.45) is 3.15. The number of rotatable bonds is 1. The van der Waals surface area contributed by atoms with Crippen LogP contribution in [0.5, 0.6) is 0 Å². The number of benzene rings is 1. The first kappa shape index (κ1) is 7.73. The van der Waals surface area contributed by atoms with Crippen LogP contribution >= 0.6 is 0 Å². The molecule has 1 aliphatic rings. The van der Waals surface area contributed by atoms with Crippen LogP contribution in [0.1, 0.15) is 5.56 Å². The monoisotopic (exact) mass is 172 g/mol. The summed E-state index contributed by atoms with van der Waals surface area (Å²) in [7, 11) is 0. The van der Waals surface area contributed by atoms with Crippen LogP contribution in [0.4, 0.5) is 0 Å². The summed E-state index contributed by atoms with van der Waals surface area (Å²) >= 11 is 0. The third-order valence-electron chi connectivity index (χ3n) is 1.73. The van der Waals surface area contributed by atoms with E-state index >= 15 is 0 Å². The van der Waals surface area contributed by atoms with Crippen LogP contribution in [0.15, 0.2) is 41.0 Å². The first-order valence-electron chi connectivity index (χ1n) is 3.96. The molecule has 64 valence electrons. The third-order valence-corrected chi connectivity index (χ3v) is 1.73. The van der Waals surface area contributed by atoms with Gasteiger partial charge in [-0.3, -0.25) is 4.79 Å². The minimum Gasteiger partial charge on any atom is -0.311 e. The van der Waals surface area contributed by atoms with Crippen LogP contribution in [0.25, 0.3) is 6.08 Å². The van der Waals surface area contributed by atoms with Gasteiger partial charge in [-0.15, -0.1) is 0 Å². The Bertz CT molecular complexity index is 379. The van der Waals surface area contributed by atoms with Crippen molar-refractivity contribution < 1.29 is 4.79 Å². The van der Waals surface area contributed by atoms with E-state index in [0.717, 1.165) is 5.56 Å². The number of hydrogen-bond donors (Lipinski definition) is 1. The molecule has 13 heavy (non-hydrogen) atoms. The lowest BCUT2D eigenvalue weighted by atomic mass is 10.2. The van der Waals surface area contributed by atoms with E-state index < -0.39 is 0 Å². The average Bonchev–Trinajstić information content (AvgIpc) is 2.54. The molecule has 0 bridgehead atoms. The SMILES string of the molecule is O=C1NC=N/C1=C\c1ccccc1. The highest BCUT2D eigenvalue weighted by Gasteiger charge is 2.10. The van der Waals surface area contributed by atoms with Crippen LogP contribution in [0.2, 0.25) is 0 Å². The predicted molar refractivity (Wildman–Crippen MR) is 51.1 cm³/mol. The fraction of sp³-hybridized carbons (Fsp3) is 0. The van der Waals surface area contributed by atoms with Gasteiger partial charge in [-0.2, -0.15) is 0 Å². The van der Waals surface area contributed by atoms with E-state index in [2.05, 4.69) is 10.3 Å². The molecule has 0 saturated heterocycles. The normalized spacial score (nSPS) is 17.8. The second-order valence-electron chi connectivity index (χ2n) is 2.67. The van der Waals surface area contributed by atoms with E-state index in [1.165, 1.54) is 6.34 Å². The van der Waals surface area contributed by atoms with Gasteiger partial charge in [0.1, 0.15) is 5.70 Å². The average molecular weight is 172 g/mol. The highest BCUT2D eigenvalue weighted by atomic mass is 16.2. The van der Waals surface area contributed by atoms with Crippen molar-refractivity contribution in [3.63, 3.8) is 0 Å². The molecule has 2 rings (SSSR count). The molecular formula is C10H8N2O. The second kappa shape index (κ2) is 3.23. The largest absolute Gasteiger partial charge is 0.311 e. The van der Waals surface area contributed by atoms with Gasteiger partial charge in [0.15, 0.2) is 0 Å². The molecule has 0 fully saturated rings. The smallest absolute Gasteiger partial charge is 0.275 e. The standard InChI is InChI=1S/C10H8N2O/c13-10-9(11-7-12-10)6-8-4-2-1-3-5-8/h1-7H,(H,11,12,13)/b9-6-. The summed E-state index contributed by atoms with van der Waals surface area (Å²) in [6.45, 7) is 0. The zero-order valence-electron chi connectivity index (χ0n) is 6.90. The lowest BCUT2D eigenvalue weighted by Crippen LogP contribution is -2.14. The van der Waals surface area contributed by atoms with Gasteiger partial charge < -0.3 is 5.32 Å². The van der Waals surface area contributed by atoms with Crippen LogP contribution in [-0.4, -0.2) is 12.2 Å². The fourth-order valence-corrected chi connectivity index (χ4v) is 1.10. The summed E-state index contributed by atoms with van der Waals surface area (Å²) in [6, 6.07) is 9.62. The molecule has 0 radical (unpaired) electrons. The number of hydrogen-bond acceptors (Lipinski definition) is 2. The Balaban J connectivity index is 2.30. The van der Waals surface area contributed by atoms with Gasteiger partial charge in [-0.05, 0) is 11.6 Å². The number of carbonyl (C=O) groups is 1. The second-order valence-corrected chi connectivity index (χ2v) is 2.67. The Morgan fingerprint density at radius 3 is 2.62 bits per heavy atom. The lowest BCUT2D eigenvalue weighted by Gasteiger charge is -1.92. The molecule has 1 aliphatic heterocycles. The molecule has 1 aromatic rings. The fourth-order valence-electron chi connectivity index (χ4n) is 1.10. The zero-order chi connectivity index (χ0) is 9.10. The van der Waals surface area contributed by atoms with Crippen molar-refractivity contribution in [2.24, 2.45) is 4.99 Å². The Hall–Kier alpha value is -1.90. The molecular weight excluding hydrogens is 164 g/mol. The molecule has 1 aromatic carbocycles. The van der Waals surface area contributed by atoms with Gasteiger partial charge in [0, 0.05) is 0 Å². The van der Waals surface area contributed by atoms with E-state index in [-0.39, 0.29) is 5.91 Å². The van der Waals surface area contributed by atoms with Gasteiger partial charge in [0.05, 0.1) is 6.34 Å². The first-order valence-corrected chi connectivity index (χ1v) is 3.96. The van der Waals surface area contributed by atoms with Gasteiger partial charge in [0.2, 0.25) is 0 Å². The lowest BCUT2D eigenvalue weighted by molar-refractivity contribution is -0.115. The van der Waals surface area contributed by atoms with Gasteiger partial charge in [-0.1, -0.05) is 30.3 Å². The quantitative estimate of drug-likeness (QED) is 0.635. The van der Waals surface area contributed by atoms with Crippen molar-refractivity contribution in [1.82, 2.24) is 5.32 Å². The molecule has 0 unspecified atom stereocenters. The maximum absolute atomic E-state index is 11.1. The van der Waals surface area contributed by atoms with Crippen LogP contribution in [0.3, 0.4) is 0 Å². The molecule has 1 heterocycles. The Kier molecular flexibility index (Phi) is 1.92. The van der Waals surface area contributed by atoms with Crippen molar-refractivity contribution in [2.45, 2.75) is 0 Å².